The van der Waals surface area contributed by atoms with Crippen molar-refractivity contribution in [2.75, 3.05) is 20.3 Å². The Morgan fingerprint density at radius 1 is 1.39 bits per heavy atom. The maximum Gasteiger partial charge on any atom is 0.368 e. The van der Waals surface area contributed by atoms with E-state index in [4.69, 9.17) is 28.4 Å². The average Bonchev–Trinajstić information content (AvgIpc) is 3.23. The van der Waals surface area contributed by atoms with Gasteiger partial charge in [0.25, 0.3) is 5.69 Å². The molecule has 0 aromatic heterocycles. The van der Waals surface area contributed by atoms with Crippen molar-refractivity contribution in [2.45, 2.75) is 74.7 Å². The maximum atomic E-state index is 12.4. The van der Waals surface area contributed by atoms with Crippen molar-refractivity contribution < 1.29 is 38.1 Å². The first-order valence-electron chi connectivity index (χ1n) is 11.9. The van der Waals surface area contributed by atoms with Crippen molar-refractivity contribution >= 4 is 22.8 Å². The predicted octanol–water partition coefficient (Wildman–Crippen LogP) is 3.16. The van der Waals surface area contributed by atoms with E-state index in [1.54, 1.807) is 38.3 Å². The molecule has 1 aromatic carbocycles. The van der Waals surface area contributed by atoms with E-state index in [2.05, 4.69) is 11.9 Å². The third-order valence-corrected chi connectivity index (χ3v) is 8.14. The van der Waals surface area contributed by atoms with Gasteiger partial charge in [-0.2, -0.15) is 0 Å². The summed E-state index contributed by atoms with van der Waals surface area (Å²) in [5.41, 5.74) is 0.327. The summed E-state index contributed by atoms with van der Waals surface area (Å²) >= 11 is 1.00. The molecule has 1 aromatic rings. The minimum absolute atomic E-state index is 0.0142. The van der Waals surface area contributed by atoms with E-state index in [-0.39, 0.29) is 24.4 Å². The summed E-state index contributed by atoms with van der Waals surface area (Å²) in [7, 11) is 1.64. The monoisotopic (exact) mass is 524 g/mol. The number of likely N-dealkylation sites (N-methyl/N-ethyl adjacent to an activating group) is 1. The Morgan fingerprint density at radius 2 is 2.17 bits per heavy atom. The highest BCUT2D eigenvalue weighted by molar-refractivity contribution is 8.15. The molecule has 3 aliphatic heterocycles. The Hall–Kier alpha value is -2.06. The van der Waals surface area contributed by atoms with Crippen molar-refractivity contribution in [3.63, 3.8) is 0 Å². The van der Waals surface area contributed by atoms with Gasteiger partial charge in [-0.3, -0.25) is 10.1 Å². The van der Waals surface area contributed by atoms with E-state index >= 15 is 0 Å². The lowest BCUT2D eigenvalue weighted by atomic mass is 9.88. The van der Waals surface area contributed by atoms with Gasteiger partial charge in [0.1, 0.15) is 4.75 Å². The molecule has 12 heteroatoms. The summed E-state index contributed by atoms with van der Waals surface area (Å²) in [6.07, 6.45) is -1.87. The number of fused-ring (bicyclic) bond motifs is 1. The number of benzene rings is 1. The second-order valence-corrected chi connectivity index (χ2v) is 10.1. The SMILES string of the molecule is C=C[C@]12SC(=O)O[C@@H]1[C@@H](O[C@H]1C[C@H](OC)[C@@H](NCC)CO1)[C@H](OCc1ccccc1[N+](=O)[O-])O[C@@H]2C. The lowest BCUT2D eigenvalue weighted by Crippen LogP contribution is -2.63. The molecule has 0 unspecified atom stereocenters. The van der Waals surface area contributed by atoms with Crippen LogP contribution in [0.1, 0.15) is 25.8 Å². The molecule has 8 atom stereocenters. The quantitative estimate of drug-likeness (QED) is 0.210. The van der Waals surface area contributed by atoms with Crippen LogP contribution in [0.25, 0.3) is 0 Å². The Bertz CT molecular complexity index is 965. The van der Waals surface area contributed by atoms with Crippen molar-refractivity contribution in [2.24, 2.45) is 0 Å². The minimum atomic E-state index is -0.986. The van der Waals surface area contributed by atoms with E-state index in [0.717, 1.165) is 18.3 Å². The molecule has 0 amide bonds. The molecular weight excluding hydrogens is 492 g/mol. The Balaban J connectivity index is 1.56. The number of carbonyl (C=O) groups excluding carboxylic acids is 1. The molecule has 3 saturated heterocycles. The van der Waals surface area contributed by atoms with Crippen LogP contribution in [0.3, 0.4) is 0 Å². The Morgan fingerprint density at radius 3 is 2.86 bits per heavy atom. The summed E-state index contributed by atoms with van der Waals surface area (Å²) < 4.78 is 35.0. The van der Waals surface area contributed by atoms with Crippen molar-refractivity contribution in [1.29, 1.82) is 0 Å². The number of thioether (sulfide) groups is 1. The summed E-state index contributed by atoms with van der Waals surface area (Å²) in [5.74, 6) is 0. The molecule has 3 fully saturated rings. The molecule has 4 rings (SSSR count). The molecule has 11 nitrogen and oxygen atoms in total. The fourth-order valence-corrected chi connectivity index (χ4v) is 5.93. The second-order valence-electron chi connectivity index (χ2n) is 8.83. The van der Waals surface area contributed by atoms with Crippen LogP contribution in [0.2, 0.25) is 0 Å². The van der Waals surface area contributed by atoms with Crippen LogP contribution in [0.5, 0.6) is 0 Å². The predicted molar refractivity (Wildman–Crippen MR) is 131 cm³/mol. The van der Waals surface area contributed by atoms with E-state index in [1.807, 2.05) is 6.92 Å². The largest absolute Gasteiger partial charge is 0.449 e. The molecule has 0 radical (unpaired) electrons. The number of methoxy groups -OCH3 is 1. The van der Waals surface area contributed by atoms with Gasteiger partial charge in [-0.25, -0.2) is 4.79 Å². The van der Waals surface area contributed by atoms with Crippen molar-refractivity contribution in [3.05, 3.63) is 52.6 Å². The molecular formula is C24H32N2O9S. The fourth-order valence-electron chi connectivity index (χ4n) is 4.89. The summed E-state index contributed by atoms with van der Waals surface area (Å²) in [5, 5.41) is 14.3. The highest BCUT2D eigenvalue weighted by atomic mass is 32.2. The smallest absolute Gasteiger partial charge is 0.368 e. The van der Waals surface area contributed by atoms with Crippen LogP contribution in [0.15, 0.2) is 36.9 Å². The molecule has 0 spiro atoms. The van der Waals surface area contributed by atoms with E-state index in [9.17, 15) is 14.9 Å². The summed E-state index contributed by atoms with van der Waals surface area (Å²) in [6.45, 7) is 8.78. The van der Waals surface area contributed by atoms with Gasteiger partial charge in [0.2, 0.25) is 0 Å². The van der Waals surface area contributed by atoms with E-state index in [1.165, 1.54) is 6.07 Å². The zero-order valence-electron chi connectivity index (χ0n) is 20.5. The normalized spacial score (nSPS) is 36.2. The lowest BCUT2D eigenvalue weighted by molar-refractivity contribution is -0.386. The first-order valence-corrected chi connectivity index (χ1v) is 12.7. The fraction of sp³-hybridized carbons (Fsp3) is 0.625. The van der Waals surface area contributed by atoms with Crippen molar-refractivity contribution in [3.8, 4) is 0 Å². The standard InChI is InChI=1S/C24H32N2O9S/c1-5-24-14(3)33-22(32-12-15-9-7-8-10-17(15)26(28)29)20(21(24)35-23(27)36-24)34-19-11-18(30-4)16(13-31-19)25-6-2/h5,7-10,14,16,18-22,25H,1,6,11-13H2,2-4H3/t14-,16+,18+,19+,20-,21-,22-,24-/m1/s1. The topological polar surface area (TPSA) is 128 Å². The van der Waals surface area contributed by atoms with Gasteiger partial charge >= 0.3 is 5.30 Å². The van der Waals surface area contributed by atoms with Crippen LogP contribution in [0, 0.1) is 10.1 Å². The molecule has 0 saturated carbocycles. The third-order valence-electron chi connectivity index (χ3n) is 6.79. The van der Waals surface area contributed by atoms with E-state index < -0.39 is 45.9 Å². The van der Waals surface area contributed by atoms with Gasteiger partial charge < -0.3 is 33.7 Å². The first kappa shape index (κ1) is 27.0. The van der Waals surface area contributed by atoms with Crippen LogP contribution in [-0.2, 0) is 35.0 Å². The number of carbonyl (C=O) groups is 1. The molecule has 3 aliphatic rings. The summed E-state index contributed by atoms with van der Waals surface area (Å²) in [4.78, 5) is 23.4. The molecule has 36 heavy (non-hydrogen) atoms. The molecule has 0 bridgehead atoms. The van der Waals surface area contributed by atoms with E-state index in [0.29, 0.717) is 18.6 Å². The third kappa shape index (κ3) is 5.30. The van der Waals surface area contributed by atoms with Crippen LogP contribution >= 0.6 is 11.8 Å². The Labute approximate surface area is 213 Å². The molecule has 1 N–H and O–H groups in total. The molecule has 3 heterocycles. The van der Waals surface area contributed by atoms with Crippen molar-refractivity contribution in [1.82, 2.24) is 5.32 Å². The number of rotatable bonds is 10. The lowest BCUT2D eigenvalue weighted by Gasteiger charge is -2.47. The van der Waals surface area contributed by atoms with Gasteiger partial charge in [-0.1, -0.05) is 25.1 Å². The first-order chi connectivity index (χ1) is 17.3. The number of ether oxygens (including phenoxy) is 6. The molecule has 0 aliphatic carbocycles. The van der Waals surface area contributed by atoms with Gasteiger partial charge in [-0.05, 0) is 31.3 Å². The highest BCUT2D eigenvalue weighted by Gasteiger charge is 2.62. The number of nitro groups is 1. The maximum absolute atomic E-state index is 12.4. The number of nitrogens with zero attached hydrogens (tertiary/aromatic N) is 1. The average molecular weight is 525 g/mol. The number of hydrogen-bond acceptors (Lipinski definition) is 11. The Kier molecular flexibility index (Phi) is 8.66. The highest BCUT2D eigenvalue weighted by Crippen LogP contribution is 2.50. The number of nitrogens with one attached hydrogen (secondary N) is 1. The number of para-hydroxylation sites is 1. The van der Waals surface area contributed by atoms with Gasteiger partial charge in [0.15, 0.2) is 24.8 Å². The van der Waals surface area contributed by atoms with Gasteiger partial charge in [0, 0.05) is 19.6 Å². The molecule has 198 valence electrons. The zero-order chi connectivity index (χ0) is 25.9. The summed E-state index contributed by atoms with van der Waals surface area (Å²) in [6, 6.07) is 6.34. The van der Waals surface area contributed by atoms with Crippen LogP contribution in [-0.4, -0.2) is 78.3 Å². The number of nitro benzene ring substituents is 1. The van der Waals surface area contributed by atoms with Crippen LogP contribution in [0.4, 0.5) is 10.5 Å². The second kappa shape index (κ2) is 11.5. The minimum Gasteiger partial charge on any atom is -0.449 e. The number of hydrogen-bond donors (Lipinski definition) is 1. The van der Waals surface area contributed by atoms with Gasteiger partial charge in [-0.15, -0.1) is 6.58 Å². The van der Waals surface area contributed by atoms with Gasteiger partial charge in [0.05, 0.1) is 42.0 Å². The van der Waals surface area contributed by atoms with Crippen LogP contribution < -0.4 is 5.32 Å². The zero-order valence-corrected chi connectivity index (χ0v) is 21.3.